The zero-order chi connectivity index (χ0) is 18.2. The number of ether oxygens (including phenoxy) is 2. The molecular formula is C21H23FNO2S+. The van der Waals surface area contributed by atoms with Gasteiger partial charge in [-0.25, -0.2) is 4.39 Å². The van der Waals surface area contributed by atoms with Crippen LogP contribution in [0.3, 0.4) is 0 Å². The lowest BCUT2D eigenvalue weighted by molar-refractivity contribution is -0.670. The van der Waals surface area contributed by atoms with Crippen molar-refractivity contribution in [3.63, 3.8) is 0 Å². The van der Waals surface area contributed by atoms with E-state index in [2.05, 4.69) is 17.4 Å². The predicted octanol–water partition coefficient (Wildman–Crippen LogP) is 3.78. The summed E-state index contributed by atoms with van der Waals surface area (Å²) in [5.74, 6) is 1.33. The van der Waals surface area contributed by atoms with Gasteiger partial charge in [0.2, 0.25) is 0 Å². The molecule has 3 aromatic rings. The van der Waals surface area contributed by atoms with E-state index >= 15 is 0 Å². The van der Waals surface area contributed by atoms with Gasteiger partial charge in [-0.3, -0.25) is 0 Å². The summed E-state index contributed by atoms with van der Waals surface area (Å²) in [7, 11) is 1.66. The maximum Gasteiger partial charge on any atom is 0.161 e. The van der Waals surface area contributed by atoms with Crippen LogP contribution in [0.15, 0.2) is 60.0 Å². The van der Waals surface area contributed by atoms with Crippen LogP contribution in [0.2, 0.25) is 0 Å². The van der Waals surface area contributed by atoms with Crippen LogP contribution >= 0.6 is 11.3 Å². The third-order valence-electron chi connectivity index (χ3n) is 4.11. The summed E-state index contributed by atoms with van der Waals surface area (Å²) < 4.78 is 24.2. The van der Waals surface area contributed by atoms with Crippen molar-refractivity contribution in [2.45, 2.75) is 19.6 Å². The molecule has 0 fully saturated rings. The molecule has 1 aromatic heterocycles. The number of methoxy groups -OCH3 is 1. The Bertz CT molecular complexity index is 803. The topological polar surface area (TPSA) is 35.1 Å². The van der Waals surface area contributed by atoms with Gasteiger partial charge in [-0.15, -0.1) is 11.3 Å². The molecule has 0 saturated carbocycles. The van der Waals surface area contributed by atoms with Crippen molar-refractivity contribution in [2.75, 3.05) is 13.7 Å². The summed E-state index contributed by atoms with van der Waals surface area (Å²) in [6.07, 6.45) is 0.916. The number of hydrogen-bond donors (Lipinski definition) is 1. The van der Waals surface area contributed by atoms with Crippen LogP contribution in [-0.2, 0) is 19.6 Å². The summed E-state index contributed by atoms with van der Waals surface area (Å²) in [5.41, 5.74) is 2.34. The van der Waals surface area contributed by atoms with E-state index in [9.17, 15) is 4.39 Å². The number of halogens is 1. The van der Waals surface area contributed by atoms with Crippen molar-refractivity contribution in [2.24, 2.45) is 0 Å². The smallest absolute Gasteiger partial charge is 0.161 e. The molecule has 5 heteroatoms. The number of benzene rings is 2. The highest BCUT2D eigenvalue weighted by molar-refractivity contribution is 7.09. The minimum Gasteiger partial charge on any atom is -0.493 e. The predicted molar refractivity (Wildman–Crippen MR) is 102 cm³/mol. The van der Waals surface area contributed by atoms with Crippen molar-refractivity contribution >= 4 is 11.3 Å². The fourth-order valence-electron chi connectivity index (χ4n) is 2.69. The van der Waals surface area contributed by atoms with Crippen LogP contribution in [0.5, 0.6) is 11.5 Å². The van der Waals surface area contributed by atoms with E-state index in [4.69, 9.17) is 9.47 Å². The summed E-state index contributed by atoms with van der Waals surface area (Å²) in [5, 5.41) is 4.28. The quantitative estimate of drug-likeness (QED) is 0.580. The molecule has 0 radical (unpaired) electrons. The Kier molecular flexibility index (Phi) is 6.63. The van der Waals surface area contributed by atoms with Gasteiger partial charge in [0.05, 0.1) is 13.7 Å². The molecular weight excluding hydrogens is 349 g/mol. The average molecular weight is 372 g/mol. The van der Waals surface area contributed by atoms with E-state index in [-0.39, 0.29) is 5.82 Å². The van der Waals surface area contributed by atoms with E-state index in [1.54, 1.807) is 18.4 Å². The summed E-state index contributed by atoms with van der Waals surface area (Å²) in [6, 6.07) is 16.8. The van der Waals surface area contributed by atoms with Crippen LogP contribution in [-0.4, -0.2) is 13.7 Å². The molecule has 2 aromatic carbocycles. The Morgan fingerprint density at radius 2 is 1.81 bits per heavy atom. The first-order chi connectivity index (χ1) is 12.7. The molecule has 0 amide bonds. The van der Waals surface area contributed by atoms with E-state index < -0.39 is 0 Å². The highest BCUT2D eigenvalue weighted by Crippen LogP contribution is 2.29. The normalized spacial score (nSPS) is 10.7. The van der Waals surface area contributed by atoms with Gasteiger partial charge in [0.15, 0.2) is 11.5 Å². The van der Waals surface area contributed by atoms with Gasteiger partial charge in [0, 0.05) is 16.9 Å². The summed E-state index contributed by atoms with van der Waals surface area (Å²) >= 11 is 1.68. The van der Waals surface area contributed by atoms with E-state index in [0.29, 0.717) is 6.61 Å². The zero-order valence-corrected chi connectivity index (χ0v) is 15.6. The first-order valence-corrected chi connectivity index (χ1v) is 9.51. The molecule has 0 atom stereocenters. The molecule has 0 aliphatic rings. The molecule has 0 unspecified atom stereocenters. The highest BCUT2D eigenvalue weighted by atomic mass is 32.1. The van der Waals surface area contributed by atoms with Crippen molar-refractivity contribution < 1.29 is 19.2 Å². The van der Waals surface area contributed by atoms with Gasteiger partial charge in [-0.05, 0) is 47.3 Å². The van der Waals surface area contributed by atoms with Gasteiger partial charge in [0.1, 0.15) is 19.0 Å². The molecule has 2 N–H and O–H groups in total. The molecule has 136 valence electrons. The summed E-state index contributed by atoms with van der Waals surface area (Å²) in [6.45, 7) is 2.37. The molecule has 0 aliphatic heterocycles. The first kappa shape index (κ1) is 18.4. The highest BCUT2D eigenvalue weighted by Gasteiger charge is 2.08. The second-order valence-corrected chi connectivity index (χ2v) is 7.04. The maximum atomic E-state index is 12.9. The number of hydrogen-bond acceptors (Lipinski definition) is 3. The lowest BCUT2D eigenvalue weighted by atomic mass is 10.1. The molecule has 0 saturated heterocycles. The molecule has 0 bridgehead atoms. The molecule has 0 aliphatic carbocycles. The van der Waals surface area contributed by atoms with Gasteiger partial charge in [-0.2, -0.15) is 0 Å². The van der Waals surface area contributed by atoms with Crippen molar-refractivity contribution in [3.8, 4) is 11.5 Å². The van der Waals surface area contributed by atoms with E-state index in [0.717, 1.165) is 36.6 Å². The molecule has 3 rings (SSSR count). The number of thiophene rings is 1. The second kappa shape index (κ2) is 9.36. The Labute approximate surface area is 157 Å². The van der Waals surface area contributed by atoms with Crippen LogP contribution in [0, 0.1) is 5.82 Å². The van der Waals surface area contributed by atoms with Crippen molar-refractivity contribution in [1.82, 2.24) is 0 Å². The largest absolute Gasteiger partial charge is 0.493 e. The third-order valence-corrected chi connectivity index (χ3v) is 4.96. The van der Waals surface area contributed by atoms with Gasteiger partial charge in [-0.1, -0.05) is 18.2 Å². The van der Waals surface area contributed by atoms with Crippen molar-refractivity contribution in [3.05, 3.63) is 81.8 Å². The minimum absolute atomic E-state index is 0.189. The Hall–Kier alpha value is -2.37. The number of quaternary nitrogens is 1. The maximum absolute atomic E-state index is 12.9. The summed E-state index contributed by atoms with van der Waals surface area (Å²) in [4.78, 5) is 1.19. The number of nitrogens with two attached hydrogens (primary N) is 1. The van der Waals surface area contributed by atoms with Crippen LogP contribution in [0.4, 0.5) is 4.39 Å². The lowest BCUT2D eigenvalue weighted by Gasteiger charge is -2.11. The SMILES string of the molecule is COc1cc(C[NH2+]CCc2ccc(F)cc2)ccc1OCc1cccs1. The van der Waals surface area contributed by atoms with E-state index in [1.165, 1.54) is 22.6 Å². The third kappa shape index (κ3) is 5.31. The second-order valence-electron chi connectivity index (χ2n) is 6.01. The van der Waals surface area contributed by atoms with Gasteiger partial charge < -0.3 is 14.8 Å². The van der Waals surface area contributed by atoms with Gasteiger partial charge in [0.25, 0.3) is 0 Å². The zero-order valence-electron chi connectivity index (χ0n) is 14.8. The first-order valence-electron chi connectivity index (χ1n) is 8.63. The lowest BCUT2D eigenvalue weighted by Crippen LogP contribution is -2.83. The molecule has 0 spiro atoms. The Morgan fingerprint density at radius 1 is 1.00 bits per heavy atom. The Morgan fingerprint density at radius 3 is 2.54 bits per heavy atom. The van der Waals surface area contributed by atoms with Crippen LogP contribution in [0.25, 0.3) is 0 Å². The minimum atomic E-state index is -0.189. The standard InChI is InChI=1S/C21H22FNO2S/c1-24-21-13-17(6-9-20(21)25-15-19-3-2-12-26-19)14-23-11-10-16-4-7-18(22)8-5-16/h2-9,12-13,23H,10-11,14-15H2,1H3/p+1. The fourth-order valence-corrected chi connectivity index (χ4v) is 3.31. The monoisotopic (exact) mass is 372 g/mol. The molecule has 3 nitrogen and oxygen atoms in total. The fraction of sp³-hybridized carbons (Fsp3) is 0.238. The van der Waals surface area contributed by atoms with Crippen LogP contribution < -0.4 is 14.8 Å². The van der Waals surface area contributed by atoms with Crippen molar-refractivity contribution in [1.29, 1.82) is 0 Å². The van der Waals surface area contributed by atoms with E-state index in [1.807, 2.05) is 35.7 Å². The Balaban J connectivity index is 1.49. The molecule has 26 heavy (non-hydrogen) atoms. The van der Waals surface area contributed by atoms with Gasteiger partial charge >= 0.3 is 0 Å². The number of rotatable bonds is 9. The van der Waals surface area contributed by atoms with Crippen LogP contribution in [0.1, 0.15) is 16.0 Å². The average Bonchev–Trinajstić information content (AvgIpc) is 3.19. The molecule has 1 heterocycles.